The molecule has 1 aliphatic rings. The molecule has 0 aliphatic heterocycles. The van der Waals surface area contributed by atoms with Crippen molar-refractivity contribution in [1.82, 2.24) is 9.88 Å². The fourth-order valence-electron chi connectivity index (χ4n) is 2.12. The van der Waals surface area contributed by atoms with Crippen LogP contribution in [0.15, 0.2) is 17.1 Å². The van der Waals surface area contributed by atoms with Crippen molar-refractivity contribution in [2.24, 2.45) is 0 Å². The van der Waals surface area contributed by atoms with Gasteiger partial charge in [0.15, 0.2) is 6.39 Å². The lowest BCUT2D eigenvalue weighted by Gasteiger charge is -2.25. The van der Waals surface area contributed by atoms with Gasteiger partial charge in [-0.15, -0.1) is 0 Å². The number of aliphatic hydroxyl groups excluding tert-OH is 1. The standard InChI is InChI=1S/C10H16N2O2/c1-12(5-8-6-14-7-11-8)9-3-2-4-10(9)13/h6-7,9-10,13H,2-5H2,1H3. The second kappa shape index (κ2) is 4.11. The summed E-state index contributed by atoms with van der Waals surface area (Å²) < 4.78 is 4.90. The van der Waals surface area contributed by atoms with E-state index in [4.69, 9.17) is 4.42 Å². The number of aliphatic hydroxyl groups is 1. The number of likely N-dealkylation sites (N-methyl/N-ethyl adjacent to an activating group) is 1. The van der Waals surface area contributed by atoms with Gasteiger partial charge in [0.05, 0.1) is 11.8 Å². The highest BCUT2D eigenvalue weighted by Crippen LogP contribution is 2.23. The van der Waals surface area contributed by atoms with E-state index in [1.165, 1.54) is 6.39 Å². The zero-order chi connectivity index (χ0) is 9.97. The van der Waals surface area contributed by atoms with E-state index in [0.717, 1.165) is 31.5 Å². The molecule has 1 aliphatic carbocycles. The van der Waals surface area contributed by atoms with Crippen LogP contribution in [0, 0.1) is 0 Å². The predicted octanol–water partition coefficient (Wildman–Crippen LogP) is 1.02. The van der Waals surface area contributed by atoms with Crippen LogP contribution in [0.5, 0.6) is 0 Å². The lowest BCUT2D eigenvalue weighted by atomic mass is 10.2. The van der Waals surface area contributed by atoms with Gasteiger partial charge in [0.1, 0.15) is 6.26 Å². The molecule has 0 saturated heterocycles. The fourth-order valence-corrected chi connectivity index (χ4v) is 2.12. The van der Waals surface area contributed by atoms with Crippen molar-refractivity contribution in [3.8, 4) is 0 Å². The summed E-state index contributed by atoms with van der Waals surface area (Å²) in [6.07, 6.45) is 6.04. The van der Waals surface area contributed by atoms with Crippen molar-refractivity contribution in [3.63, 3.8) is 0 Å². The van der Waals surface area contributed by atoms with Gasteiger partial charge < -0.3 is 9.52 Å². The van der Waals surface area contributed by atoms with Crippen LogP contribution >= 0.6 is 0 Å². The van der Waals surface area contributed by atoms with Crippen LogP contribution in [-0.4, -0.2) is 34.2 Å². The molecule has 1 aromatic heterocycles. The number of aromatic nitrogens is 1. The summed E-state index contributed by atoms with van der Waals surface area (Å²) >= 11 is 0. The third-order valence-corrected chi connectivity index (χ3v) is 2.90. The minimum Gasteiger partial charge on any atom is -0.451 e. The zero-order valence-corrected chi connectivity index (χ0v) is 8.39. The van der Waals surface area contributed by atoms with Crippen molar-refractivity contribution in [2.75, 3.05) is 7.05 Å². The van der Waals surface area contributed by atoms with Gasteiger partial charge in [-0.05, 0) is 26.3 Å². The molecule has 1 fully saturated rings. The minimum atomic E-state index is -0.174. The minimum absolute atomic E-state index is 0.174. The first kappa shape index (κ1) is 9.68. The molecule has 1 N–H and O–H groups in total. The SMILES string of the molecule is CN(Cc1cocn1)C1CCCC1O. The van der Waals surface area contributed by atoms with Crippen LogP contribution in [-0.2, 0) is 6.54 Å². The average Bonchev–Trinajstić information content (AvgIpc) is 2.75. The van der Waals surface area contributed by atoms with E-state index < -0.39 is 0 Å². The Hall–Kier alpha value is -0.870. The van der Waals surface area contributed by atoms with Gasteiger partial charge in [0.25, 0.3) is 0 Å². The molecule has 4 heteroatoms. The zero-order valence-electron chi connectivity index (χ0n) is 8.39. The fraction of sp³-hybridized carbons (Fsp3) is 0.700. The molecule has 0 bridgehead atoms. The molecule has 2 rings (SSSR count). The van der Waals surface area contributed by atoms with E-state index in [1.54, 1.807) is 6.26 Å². The van der Waals surface area contributed by atoms with Crippen molar-refractivity contribution in [1.29, 1.82) is 0 Å². The molecule has 0 aromatic carbocycles. The Morgan fingerprint density at radius 1 is 1.64 bits per heavy atom. The summed E-state index contributed by atoms with van der Waals surface area (Å²) in [7, 11) is 2.02. The quantitative estimate of drug-likeness (QED) is 0.784. The van der Waals surface area contributed by atoms with Crippen LogP contribution in [0.2, 0.25) is 0 Å². The first-order chi connectivity index (χ1) is 6.77. The molecule has 78 valence electrons. The lowest BCUT2D eigenvalue weighted by Crippen LogP contribution is -2.37. The van der Waals surface area contributed by atoms with Crippen molar-refractivity contribution >= 4 is 0 Å². The summed E-state index contributed by atoms with van der Waals surface area (Å²) in [4.78, 5) is 6.21. The number of oxazole rings is 1. The Morgan fingerprint density at radius 2 is 2.50 bits per heavy atom. The first-order valence-electron chi connectivity index (χ1n) is 5.03. The molecule has 0 spiro atoms. The van der Waals surface area contributed by atoms with Gasteiger partial charge in [-0.1, -0.05) is 0 Å². The van der Waals surface area contributed by atoms with Crippen LogP contribution in [0.4, 0.5) is 0 Å². The smallest absolute Gasteiger partial charge is 0.180 e. The molecule has 1 aromatic rings. The molecule has 0 radical (unpaired) electrons. The van der Waals surface area contributed by atoms with Gasteiger partial charge >= 0.3 is 0 Å². The highest BCUT2D eigenvalue weighted by Gasteiger charge is 2.28. The average molecular weight is 196 g/mol. The topological polar surface area (TPSA) is 49.5 Å². The largest absolute Gasteiger partial charge is 0.451 e. The third kappa shape index (κ3) is 1.96. The lowest BCUT2D eigenvalue weighted by molar-refractivity contribution is 0.0818. The monoisotopic (exact) mass is 196 g/mol. The molecular weight excluding hydrogens is 180 g/mol. The van der Waals surface area contributed by atoms with Crippen LogP contribution < -0.4 is 0 Å². The van der Waals surface area contributed by atoms with E-state index in [0.29, 0.717) is 0 Å². The van der Waals surface area contributed by atoms with Gasteiger partial charge in [0.2, 0.25) is 0 Å². The summed E-state index contributed by atoms with van der Waals surface area (Å²) in [6, 6.07) is 0.284. The maximum absolute atomic E-state index is 9.70. The van der Waals surface area contributed by atoms with Crippen LogP contribution in [0.25, 0.3) is 0 Å². The Kier molecular flexibility index (Phi) is 2.84. The maximum atomic E-state index is 9.70. The highest BCUT2D eigenvalue weighted by atomic mass is 16.3. The number of hydrogen-bond donors (Lipinski definition) is 1. The Bertz CT molecular complexity index is 274. The normalized spacial score (nSPS) is 27.4. The summed E-state index contributed by atoms with van der Waals surface area (Å²) in [5, 5.41) is 9.70. The molecule has 2 atom stereocenters. The Labute approximate surface area is 83.5 Å². The molecule has 1 saturated carbocycles. The van der Waals surface area contributed by atoms with Crippen LogP contribution in [0.3, 0.4) is 0 Å². The summed E-state index contributed by atoms with van der Waals surface area (Å²) in [5.74, 6) is 0. The highest BCUT2D eigenvalue weighted by molar-refractivity contribution is 4.93. The van der Waals surface area contributed by atoms with Crippen molar-refractivity contribution in [2.45, 2.75) is 38.0 Å². The van der Waals surface area contributed by atoms with Crippen LogP contribution in [0.1, 0.15) is 25.0 Å². The third-order valence-electron chi connectivity index (χ3n) is 2.90. The molecular formula is C10H16N2O2. The van der Waals surface area contributed by atoms with E-state index in [9.17, 15) is 5.11 Å². The summed E-state index contributed by atoms with van der Waals surface area (Å²) in [6.45, 7) is 0.748. The molecule has 0 amide bonds. The molecule has 1 heterocycles. The molecule has 14 heavy (non-hydrogen) atoms. The summed E-state index contributed by atoms with van der Waals surface area (Å²) in [5.41, 5.74) is 0.923. The molecule has 4 nitrogen and oxygen atoms in total. The maximum Gasteiger partial charge on any atom is 0.180 e. The van der Waals surface area contributed by atoms with Crippen molar-refractivity contribution < 1.29 is 9.52 Å². The van der Waals surface area contributed by atoms with Gasteiger partial charge in [-0.25, -0.2) is 4.98 Å². The van der Waals surface area contributed by atoms with Gasteiger partial charge in [0, 0.05) is 12.6 Å². The van der Waals surface area contributed by atoms with Gasteiger partial charge in [-0.3, -0.25) is 4.90 Å². The second-order valence-corrected chi connectivity index (χ2v) is 3.96. The molecule has 2 unspecified atom stereocenters. The Balaban J connectivity index is 1.92. The van der Waals surface area contributed by atoms with E-state index >= 15 is 0 Å². The number of hydrogen-bond acceptors (Lipinski definition) is 4. The second-order valence-electron chi connectivity index (χ2n) is 3.96. The number of rotatable bonds is 3. The Morgan fingerprint density at radius 3 is 3.07 bits per heavy atom. The number of nitrogens with zero attached hydrogens (tertiary/aromatic N) is 2. The van der Waals surface area contributed by atoms with E-state index in [2.05, 4.69) is 9.88 Å². The van der Waals surface area contributed by atoms with Crippen molar-refractivity contribution in [3.05, 3.63) is 18.4 Å². The van der Waals surface area contributed by atoms with Gasteiger partial charge in [-0.2, -0.15) is 0 Å². The van der Waals surface area contributed by atoms with E-state index in [-0.39, 0.29) is 12.1 Å². The first-order valence-corrected chi connectivity index (χ1v) is 5.03. The predicted molar refractivity (Wildman–Crippen MR) is 51.6 cm³/mol. The van der Waals surface area contributed by atoms with E-state index in [1.807, 2.05) is 7.05 Å².